The van der Waals surface area contributed by atoms with E-state index in [2.05, 4.69) is 27.6 Å². The maximum Gasteiger partial charge on any atom is 0.339 e. The summed E-state index contributed by atoms with van der Waals surface area (Å²) in [5.41, 5.74) is 1.43. The highest BCUT2D eigenvalue weighted by Gasteiger charge is 2.39. The third kappa shape index (κ3) is 2.40. The average molecular weight is 255 g/mol. The molecule has 5 heteroatoms. The van der Waals surface area contributed by atoms with Gasteiger partial charge >= 0.3 is 5.97 Å². The molecule has 96 valence electrons. The van der Waals surface area contributed by atoms with Gasteiger partial charge in [0.2, 0.25) is 0 Å². The van der Waals surface area contributed by atoms with Crippen molar-refractivity contribution in [1.82, 2.24) is 10.2 Å². The summed E-state index contributed by atoms with van der Waals surface area (Å²) in [6, 6.07) is 11.9. The van der Waals surface area contributed by atoms with Gasteiger partial charge in [-0.2, -0.15) is 5.10 Å². The quantitative estimate of drug-likeness (QED) is 0.875. The maximum absolute atomic E-state index is 11.1. The Morgan fingerprint density at radius 1 is 1.26 bits per heavy atom. The molecule has 2 unspecified atom stereocenters. The molecule has 3 rings (SSSR count). The Balaban J connectivity index is 1.73. The lowest BCUT2D eigenvalue weighted by Crippen LogP contribution is -2.11. The van der Waals surface area contributed by atoms with Gasteiger partial charge < -0.3 is 10.4 Å². The molecule has 2 atom stereocenters. The Hall–Kier alpha value is -2.43. The molecule has 19 heavy (non-hydrogen) atoms. The Morgan fingerprint density at radius 2 is 2.05 bits per heavy atom. The van der Waals surface area contributed by atoms with Crippen LogP contribution in [0.4, 0.5) is 5.82 Å². The van der Waals surface area contributed by atoms with Crippen molar-refractivity contribution in [1.29, 1.82) is 0 Å². The lowest BCUT2D eigenvalue weighted by Gasteiger charge is -2.07. The molecule has 0 radical (unpaired) electrons. The third-order valence-electron chi connectivity index (χ3n) is 3.29. The number of nitrogens with one attached hydrogen (secondary N) is 1. The van der Waals surface area contributed by atoms with E-state index in [9.17, 15) is 4.79 Å². The summed E-state index contributed by atoms with van der Waals surface area (Å²) < 4.78 is 0. The van der Waals surface area contributed by atoms with Crippen molar-refractivity contribution >= 4 is 11.8 Å². The molecular formula is C14H13N3O2. The van der Waals surface area contributed by atoms with E-state index >= 15 is 0 Å². The van der Waals surface area contributed by atoms with Gasteiger partial charge in [0.25, 0.3) is 0 Å². The Morgan fingerprint density at radius 3 is 2.79 bits per heavy atom. The van der Waals surface area contributed by atoms with Crippen LogP contribution in [-0.2, 0) is 0 Å². The highest BCUT2D eigenvalue weighted by molar-refractivity contribution is 5.92. The summed E-state index contributed by atoms with van der Waals surface area (Å²) in [5.74, 6) is -0.224. The van der Waals surface area contributed by atoms with Crippen LogP contribution in [0.2, 0.25) is 0 Å². The van der Waals surface area contributed by atoms with Crippen LogP contribution in [0.25, 0.3) is 0 Å². The molecule has 0 amide bonds. The lowest BCUT2D eigenvalue weighted by molar-refractivity contribution is 0.0697. The summed E-state index contributed by atoms with van der Waals surface area (Å²) in [5, 5.41) is 19.8. The minimum Gasteiger partial charge on any atom is -0.478 e. The van der Waals surface area contributed by atoms with Gasteiger partial charge in [-0.15, -0.1) is 5.10 Å². The van der Waals surface area contributed by atoms with Crippen LogP contribution in [0.3, 0.4) is 0 Å². The molecule has 1 heterocycles. The smallest absolute Gasteiger partial charge is 0.339 e. The second-order valence-corrected chi connectivity index (χ2v) is 4.60. The lowest BCUT2D eigenvalue weighted by atomic mass is 10.1. The molecular weight excluding hydrogens is 242 g/mol. The highest BCUT2D eigenvalue weighted by Crippen LogP contribution is 2.42. The second kappa shape index (κ2) is 4.68. The molecule has 1 aliphatic rings. The molecule has 0 aliphatic heterocycles. The van der Waals surface area contributed by atoms with Crippen LogP contribution in [-0.4, -0.2) is 27.3 Å². The van der Waals surface area contributed by atoms with Crippen LogP contribution in [0.1, 0.15) is 28.3 Å². The number of carbonyl (C=O) groups is 1. The molecule has 0 bridgehead atoms. The highest BCUT2D eigenvalue weighted by atomic mass is 16.4. The van der Waals surface area contributed by atoms with Crippen molar-refractivity contribution in [3.05, 3.63) is 53.7 Å². The number of hydrogen-bond acceptors (Lipinski definition) is 4. The first-order valence-corrected chi connectivity index (χ1v) is 6.12. The molecule has 5 nitrogen and oxygen atoms in total. The molecule has 1 aromatic heterocycles. The number of hydrogen-bond donors (Lipinski definition) is 2. The number of aromatic carboxylic acids is 1. The van der Waals surface area contributed by atoms with Crippen LogP contribution < -0.4 is 5.32 Å². The van der Waals surface area contributed by atoms with E-state index in [4.69, 9.17) is 5.11 Å². The molecule has 1 aliphatic carbocycles. The zero-order valence-electron chi connectivity index (χ0n) is 10.2. The fourth-order valence-electron chi connectivity index (χ4n) is 2.21. The number of nitrogens with zero attached hydrogens (tertiary/aromatic N) is 2. The van der Waals surface area contributed by atoms with Crippen LogP contribution in [0, 0.1) is 0 Å². The summed E-state index contributed by atoms with van der Waals surface area (Å²) in [4.78, 5) is 11.1. The van der Waals surface area contributed by atoms with Gasteiger partial charge in [-0.3, -0.25) is 0 Å². The molecule has 0 saturated heterocycles. The summed E-state index contributed by atoms with van der Waals surface area (Å²) in [6.45, 7) is 0. The van der Waals surface area contributed by atoms with E-state index in [1.165, 1.54) is 17.8 Å². The SMILES string of the molecule is O=C(O)c1ccnnc1NC1CC1c1ccccc1. The zero-order valence-corrected chi connectivity index (χ0v) is 10.2. The minimum atomic E-state index is -0.991. The number of aromatic nitrogens is 2. The monoisotopic (exact) mass is 255 g/mol. The number of carboxylic acid groups (broad SMARTS) is 1. The predicted molar refractivity (Wildman–Crippen MR) is 70.2 cm³/mol. The fourth-order valence-corrected chi connectivity index (χ4v) is 2.21. The first-order chi connectivity index (χ1) is 9.25. The van der Waals surface area contributed by atoms with Gasteiger partial charge in [-0.25, -0.2) is 4.79 Å². The Bertz CT molecular complexity index is 601. The van der Waals surface area contributed by atoms with E-state index in [0.29, 0.717) is 11.7 Å². The standard InChI is InChI=1S/C14H13N3O2/c18-14(19)10-6-7-15-17-13(10)16-12-8-11(12)9-4-2-1-3-5-9/h1-7,11-12H,8H2,(H,16,17)(H,18,19). The normalized spacial score (nSPS) is 20.8. The van der Waals surface area contributed by atoms with Gasteiger partial charge in [0.1, 0.15) is 5.56 Å². The van der Waals surface area contributed by atoms with Crippen molar-refractivity contribution in [2.24, 2.45) is 0 Å². The van der Waals surface area contributed by atoms with Gasteiger partial charge in [0.05, 0.1) is 6.20 Å². The van der Waals surface area contributed by atoms with E-state index in [1.807, 2.05) is 18.2 Å². The molecule has 2 aromatic rings. The maximum atomic E-state index is 11.1. The number of carboxylic acids is 1. The fraction of sp³-hybridized carbons (Fsp3) is 0.214. The molecule has 1 aromatic carbocycles. The van der Waals surface area contributed by atoms with E-state index in [1.54, 1.807) is 0 Å². The van der Waals surface area contributed by atoms with E-state index in [-0.39, 0.29) is 11.6 Å². The minimum absolute atomic E-state index is 0.161. The van der Waals surface area contributed by atoms with Crippen molar-refractivity contribution < 1.29 is 9.90 Å². The first-order valence-electron chi connectivity index (χ1n) is 6.12. The molecule has 1 fully saturated rings. The second-order valence-electron chi connectivity index (χ2n) is 4.60. The van der Waals surface area contributed by atoms with Gasteiger partial charge in [-0.1, -0.05) is 30.3 Å². The van der Waals surface area contributed by atoms with Gasteiger partial charge in [0.15, 0.2) is 5.82 Å². The van der Waals surface area contributed by atoms with Crippen LogP contribution >= 0.6 is 0 Å². The molecule has 2 N–H and O–H groups in total. The van der Waals surface area contributed by atoms with Gasteiger partial charge in [0, 0.05) is 12.0 Å². The molecule has 0 spiro atoms. The Kier molecular flexibility index (Phi) is 2.87. The predicted octanol–water partition coefficient (Wildman–Crippen LogP) is 2.14. The Labute approximate surface area is 110 Å². The first kappa shape index (κ1) is 11.6. The number of benzene rings is 1. The van der Waals surface area contributed by atoms with Gasteiger partial charge in [-0.05, 0) is 18.1 Å². The van der Waals surface area contributed by atoms with E-state index in [0.717, 1.165) is 6.42 Å². The molecule has 1 saturated carbocycles. The summed E-state index contributed by atoms with van der Waals surface area (Å²) >= 11 is 0. The third-order valence-corrected chi connectivity index (χ3v) is 3.29. The largest absolute Gasteiger partial charge is 0.478 e. The van der Waals surface area contributed by atoms with Crippen molar-refractivity contribution in [2.75, 3.05) is 5.32 Å². The van der Waals surface area contributed by atoms with Crippen LogP contribution in [0.15, 0.2) is 42.6 Å². The number of rotatable bonds is 4. The summed E-state index contributed by atoms with van der Waals surface area (Å²) in [6.07, 6.45) is 2.37. The summed E-state index contributed by atoms with van der Waals surface area (Å²) in [7, 11) is 0. The van der Waals surface area contributed by atoms with Crippen molar-refractivity contribution in [3.8, 4) is 0 Å². The topological polar surface area (TPSA) is 75.1 Å². The average Bonchev–Trinajstić information content (AvgIpc) is 3.19. The number of anilines is 1. The zero-order chi connectivity index (χ0) is 13.2. The van der Waals surface area contributed by atoms with Crippen LogP contribution in [0.5, 0.6) is 0 Å². The van der Waals surface area contributed by atoms with Crippen molar-refractivity contribution in [2.45, 2.75) is 18.4 Å². The van der Waals surface area contributed by atoms with E-state index < -0.39 is 5.97 Å². The van der Waals surface area contributed by atoms with Crippen molar-refractivity contribution in [3.63, 3.8) is 0 Å².